The third-order valence-electron chi connectivity index (χ3n) is 5.49. The molecule has 0 atom stereocenters. The number of amides is 1. The summed E-state index contributed by atoms with van der Waals surface area (Å²) in [6.07, 6.45) is 1.65. The Bertz CT molecular complexity index is 943. The lowest BCUT2D eigenvalue weighted by Crippen LogP contribution is -2.23. The molecule has 2 aromatic rings. The number of allylic oxidation sites excluding steroid dienone is 2. The molecule has 1 aliphatic carbocycles. The molecule has 0 saturated heterocycles. The first-order chi connectivity index (χ1) is 12.0. The first kappa shape index (κ1) is 16.0. The van der Waals surface area contributed by atoms with Gasteiger partial charge in [0.2, 0.25) is 5.91 Å². The Labute approximate surface area is 146 Å². The fourth-order valence-corrected chi connectivity index (χ4v) is 4.04. The molecule has 4 heteroatoms. The van der Waals surface area contributed by atoms with Crippen molar-refractivity contribution in [3.63, 3.8) is 0 Å². The number of rotatable bonds is 2. The van der Waals surface area contributed by atoms with Gasteiger partial charge in [0, 0.05) is 17.7 Å². The van der Waals surface area contributed by atoms with Gasteiger partial charge < -0.3 is 11.1 Å². The van der Waals surface area contributed by atoms with Gasteiger partial charge in [0.15, 0.2) is 0 Å². The zero-order chi connectivity index (χ0) is 17.7. The second kappa shape index (κ2) is 5.81. The van der Waals surface area contributed by atoms with E-state index in [0.717, 1.165) is 47.3 Å². The standard InChI is InChI=1S/C21H21FN2O/c1-11-7-16-17(21(23)25)9-18(22)20(19(16)12(11)2)14-4-3-13-5-6-24-10-15(13)8-14/h3-4,8-9,24H,5-7,10H2,1-2H3,(H2,23,25). The van der Waals surface area contributed by atoms with Gasteiger partial charge in [-0.2, -0.15) is 0 Å². The number of hydrogen-bond acceptors (Lipinski definition) is 2. The number of nitrogens with one attached hydrogen (secondary N) is 1. The van der Waals surface area contributed by atoms with Gasteiger partial charge in [-0.05, 0) is 78.8 Å². The number of carbonyl (C=O) groups is 1. The van der Waals surface area contributed by atoms with E-state index in [9.17, 15) is 4.79 Å². The molecule has 0 unspecified atom stereocenters. The van der Waals surface area contributed by atoms with Crippen LogP contribution < -0.4 is 11.1 Å². The van der Waals surface area contributed by atoms with Crippen molar-refractivity contribution in [3.8, 4) is 11.1 Å². The van der Waals surface area contributed by atoms with E-state index in [1.54, 1.807) is 0 Å². The van der Waals surface area contributed by atoms with E-state index in [1.165, 1.54) is 17.2 Å². The normalized spacial score (nSPS) is 16.0. The van der Waals surface area contributed by atoms with Gasteiger partial charge in [-0.25, -0.2) is 4.39 Å². The Hall–Kier alpha value is -2.46. The molecular formula is C21H21FN2O. The number of nitrogens with two attached hydrogens (primary N) is 1. The van der Waals surface area contributed by atoms with E-state index < -0.39 is 5.91 Å². The summed E-state index contributed by atoms with van der Waals surface area (Å²) in [6, 6.07) is 7.47. The fourth-order valence-electron chi connectivity index (χ4n) is 4.04. The molecule has 25 heavy (non-hydrogen) atoms. The molecule has 0 spiro atoms. The topological polar surface area (TPSA) is 55.1 Å². The third-order valence-corrected chi connectivity index (χ3v) is 5.49. The Balaban J connectivity index is 1.97. The number of fused-ring (bicyclic) bond motifs is 2. The third kappa shape index (κ3) is 2.48. The van der Waals surface area contributed by atoms with Crippen molar-refractivity contribution < 1.29 is 9.18 Å². The zero-order valence-corrected chi connectivity index (χ0v) is 14.5. The Morgan fingerprint density at radius 1 is 1.16 bits per heavy atom. The minimum atomic E-state index is -0.571. The summed E-state index contributed by atoms with van der Waals surface area (Å²) >= 11 is 0. The van der Waals surface area contributed by atoms with Gasteiger partial charge >= 0.3 is 0 Å². The van der Waals surface area contributed by atoms with E-state index in [-0.39, 0.29) is 5.82 Å². The maximum Gasteiger partial charge on any atom is 0.249 e. The van der Waals surface area contributed by atoms with Crippen LogP contribution >= 0.6 is 0 Å². The molecule has 1 heterocycles. The lowest BCUT2D eigenvalue weighted by molar-refractivity contribution is 0.0999. The number of primary amides is 1. The van der Waals surface area contributed by atoms with Crippen LogP contribution in [0.3, 0.4) is 0 Å². The van der Waals surface area contributed by atoms with Crippen molar-refractivity contribution >= 4 is 11.5 Å². The van der Waals surface area contributed by atoms with E-state index in [1.807, 2.05) is 19.9 Å². The predicted octanol–water partition coefficient (Wildman–Crippen LogP) is 3.59. The molecule has 3 N–H and O–H groups in total. The highest BCUT2D eigenvalue weighted by molar-refractivity contribution is 6.00. The Morgan fingerprint density at radius 3 is 2.72 bits per heavy atom. The van der Waals surface area contributed by atoms with Crippen molar-refractivity contribution in [2.24, 2.45) is 5.73 Å². The predicted molar refractivity (Wildman–Crippen MR) is 97.7 cm³/mol. The molecule has 2 aliphatic rings. The maximum atomic E-state index is 15.0. The maximum absolute atomic E-state index is 15.0. The number of benzene rings is 2. The first-order valence-corrected chi connectivity index (χ1v) is 8.62. The minimum Gasteiger partial charge on any atom is -0.366 e. The molecule has 0 bridgehead atoms. The smallest absolute Gasteiger partial charge is 0.249 e. The summed E-state index contributed by atoms with van der Waals surface area (Å²) in [5, 5.41) is 3.36. The first-order valence-electron chi connectivity index (χ1n) is 8.62. The van der Waals surface area contributed by atoms with Gasteiger partial charge in [-0.1, -0.05) is 17.7 Å². The molecule has 1 amide bonds. The second-order valence-electron chi connectivity index (χ2n) is 6.99. The van der Waals surface area contributed by atoms with E-state index >= 15 is 4.39 Å². The molecule has 3 nitrogen and oxygen atoms in total. The van der Waals surface area contributed by atoms with Crippen molar-refractivity contribution in [3.05, 3.63) is 63.5 Å². The van der Waals surface area contributed by atoms with Crippen LogP contribution in [0.4, 0.5) is 4.39 Å². The fraction of sp³-hybridized carbons (Fsp3) is 0.286. The van der Waals surface area contributed by atoms with E-state index in [4.69, 9.17) is 5.73 Å². The van der Waals surface area contributed by atoms with Crippen molar-refractivity contribution in [2.75, 3.05) is 6.54 Å². The summed E-state index contributed by atoms with van der Waals surface area (Å²) in [4.78, 5) is 11.8. The van der Waals surface area contributed by atoms with E-state index in [2.05, 4.69) is 17.4 Å². The van der Waals surface area contributed by atoms with Crippen LogP contribution in [-0.4, -0.2) is 12.5 Å². The van der Waals surface area contributed by atoms with Crippen LogP contribution in [0.1, 0.15) is 46.5 Å². The second-order valence-corrected chi connectivity index (χ2v) is 6.99. The van der Waals surface area contributed by atoms with Gasteiger partial charge in [0.05, 0.1) is 0 Å². The van der Waals surface area contributed by atoms with Crippen LogP contribution in [0.2, 0.25) is 0 Å². The van der Waals surface area contributed by atoms with E-state index in [0.29, 0.717) is 17.5 Å². The zero-order valence-electron chi connectivity index (χ0n) is 14.5. The number of halogens is 1. The van der Waals surface area contributed by atoms with Gasteiger partial charge in [-0.15, -0.1) is 0 Å². The van der Waals surface area contributed by atoms with Gasteiger partial charge in [-0.3, -0.25) is 4.79 Å². The average Bonchev–Trinajstić information content (AvgIpc) is 2.89. The van der Waals surface area contributed by atoms with Crippen LogP contribution in [-0.2, 0) is 19.4 Å². The summed E-state index contributed by atoms with van der Waals surface area (Å²) < 4.78 is 15.0. The largest absolute Gasteiger partial charge is 0.366 e. The molecule has 0 fully saturated rings. The minimum absolute atomic E-state index is 0.298. The molecule has 0 aromatic heterocycles. The summed E-state index contributed by atoms with van der Waals surface area (Å²) in [6.45, 7) is 5.80. The van der Waals surface area contributed by atoms with Crippen LogP contribution in [0.25, 0.3) is 16.7 Å². The van der Waals surface area contributed by atoms with Crippen molar-refractivity contribution in [1.82, 2.24) is 5.32 Å². The quantitative estimate of drug-likeness (QED) is 0.880. The molecule has 2 aromatic carbocycles. The van der Waals surface area contributed by atoms with Gasteiger partial charge in [0.1, 0.15) is 5.82 Å². The summed E-state index contributed by atoms with van der Waals surface area (Å²) in [7, 11) is 0. The molecule has 0 radical (unpaired) electrons. The Kier molecular flexibility index (Phi) is 3.73. The number of carbonyl (C=O) groups excluding carboxylic acids is 1. The summed E-state index contributed by atoms with van der Waals surface area (Å²) in [5.74, 6) is -0.954. The lowest BCUT2D eigenvalue weighted by atomic mass is 9.88. The van der Waals surface area contributed by atoms with Crippen molar-refractivity contribution in [1.29, 1.82) is 0 Å². The molecular weight excluding hydrogens is 315 g/mol. The SMILES string of the molecule is CC1=C(C)c2c(c(C(N)=O)cc(F)c2-c2ccc3c(c2)CNCC3)C1. The monoisotopic (exact) mass is 336 g/mol. The Morgan fingerprint density at radius 2 is 1.96 bits per heavy atom. The van der Waals surface area contributed by atoms with Crippen LogP contribution in [0, 0.1) is 5.82 Å². The lowest BCUT2D eigenvalue weighted by Gasteiger charge is -2.20. The molecule has 4 rings (SSSR count). The molecule has 128 valence electrons. The van der Waals surface area contributed by atoms with Crippen LogP contribution in [0.5, 0.6) is 0 Å². The number of hydrogen-bond donors (Lipinski definition) is 2. The van der Waals surface area contributed by atoms with Gasteiger partial charge in [0.25, 0.3) is 0 Å². The average molecular weight is 336 g/mol. The highest BCUT2D eigenvalue weighted by Crippen LogP contribution is 2.43. The highest BCUT2D eigenvalue weighted by atomic mass is 19.1. The summed E-state index contributed by atoms with van der Waals surface area (Å²) in [5.41, 5.74) is 13.7. The van der Waals surface area contributed by atoms with Crippen LogP contribution in [0.15, 0.2) is 29.8 Å². The molecule has 0 saturated carbocycles. The molecule has 1 aliphatic heterocycles. The van der Waals surface area contributed by atoms with Crippen molar-refractivity contribution in [2.45, 2.75) is 33.2 Å². The highest BCUT2D eigenvalue weighted by Gasteiger charge is 2.28.